The molecule has 0 saturated carbocycles. The Morgan fingerprint density at radius 1 is 0.880 bits per heavy atom. The molecular formula is C22H20N3+. The molecule has 2 heterocycles. The summed E-state index contributed by atoms with van der Waals surface area (Å²) in [5.41, 5.74) is 11.6. The second-order valence-electron chi connectivity index (χ2n) is 6.16. The van der Waals surface area contributed by atoms with Gasteiger partial charge in [0.25, 0.3) is 0 Å². The molecule has 0 saturated heterocycles. The molecule has 3 nitrogen and oxygen atoms in total. The standard InChI is InChI=1S/C22H19N3/c1-15-19-13-20(17-5-3-2-4-6-17)22(25-21(19)11-12-24-15)18-9-7-16(14-23)8-10-18/h2-13H,14,23H2,1H3/p+1. The first-order valence-corrected chi connectivity index (χ1v) is 8.46. The van der Waals surface area contributed by atoms with Gasteiger partial charge in [-0.2, -0.15) is 0 Å². The van der Waals surface area contributed by atoms with Crippen molar-refractivity contribution >= 4 is 10.9 Å². The van der Waals surface area contributed by atoms with Gasteiger partial charge in [0.15, 0.2) is 0 Å². The number of aromatic nitrogens is 2. The molecule has 0 atom stereocenters. The highest BCUT2D eigenvalue weighted by Gasteiger charge is 2.12. The lowest BCUT2D eigenvalue weighted by molar-refractivity contribution is -0.386. The summed E-state index contributed by atoms with van der Waals surface area (Å²) in [6.45, 7) is 2.82. The molecule has 0 aliphatic carbocycles. The van der Waals surface area contributed by atoms with Gasteiger partial charge >= 0.3 is 0 Å². The summed E-state index contributed by atoms with van der Waals surface area (Å²) >= 11 is 0. The number of nitrogens with zero attached hydrogens (tertiary/aromatic N) is 2. The van der Waals surface area contributed by atoms with Crippen molar-refractivity contribution in [1.29, 1.82) is 0 Å². The Morgan fingerprint density at radius 3 is 2.36 bits per heavy atom. The van der Waals surface area contributed by atoms with Crippen LogP contribution in [0.5, 0.6) is 0 Å². The van der Waals surface area contributed by atoms with E-state index < -0.39 is 0 Å². The van der Waals surface area contributed by atoms with Gasteiger partial charge in [0, 0.05) is 34.0 Å². The SMILES string of the molecule is Cc1nccc2nc(-c3ccc(C[NH3+])cc3)c(-c3ccccc3)cc12. The molecule has 0 fully saturated rings. The highest BCUT2D eigenvalue weighted by molar-refractivity contribution is 5.92. The fourth-order valence-electron chi connectivity index (χ4n) is 3.12. The van der Waals surface area contributed by atoms with E-state index in [1.807, 2.05) is 25.3 Å². The molecule has 0 unspecified atom stereocenters. The molecule has 3 N–H and O–H groups in total. The molecule has 25 heavy (non-hydrogen) atoms. The van der Waals surface area contributed by atoms with Crippen molar-refractivity contribution in [3.8, 4) is 22.4 Å². The van der Waals surface area contributed by atoms with E-state index >= 15 is 0 Å². The van der Waals surface area contributed by atoms with E-state index in [0.717, 1.165) is 45.5 Å². The maximum absolute atomic E-state index is 4.98. The number of hydrogen-bond donors (Lipinski definition) is 1. The van der Waals surface area contributed by atoms with Crippen LogP contribution >= 0.6 is 0 Å². The average Bonchev–Trinajstić information content (AvgIpc) is 2.68. The van der Waals surface area contributed by atoms with Crippen LogP contribution in [0.1, 0.15) is 11.3 Å². The Labute approximate surface area is 147 Å². The fourth-order valence-corrected chi connectivity index (χ4v) is 3.12. The largest absolute Gasteiger partial charge is 0.354 e. The van der Waals surface area contributed by atoms with Gasteiger partial charge in [-0.25, -0.2) is 4.98 Å². The molecule has 4 rings (SSSR count). The number of aryl methyl sites for hydroxylation is 1. The molecule has 4 aromatic rings. The summed E-state index contributed by atoms with van der Waals surface area (Å²) in [6.07, 6.45) is 1.82. The van der Waals surface area contributed by atoms with E-state index in [1.165, 1.54) is 5.56 Å². The van der Waals surface area contributed by atoms with Crippen LogP contribution in [-0.4, -0.2) is 9.97 Å². The van der Waals surface area contributed by atoms with E-state index in [4.69, 9.17) is 4.98 Å². The normalized spacial score (nSPS) is 11.0. The number of hydrogen-bond acceptors (Lipinski definition) is 2. The Balaban J connectivity index is 2.00. The van der Waals surface area contributed by atoms with Gasteiger partial charge in [0.05, 0.1) is 17.8 Å². The second-order valence-corrected chi connectivity index (χ2v) is 6.16. The monoisotopic (exact) mass is 326 g/mol. The van der Waals surface area contributed by atoms with Gasteiger partial charge in [0.1, 0.15) is 0 Å². The summed E-state index contributed by atoms with van der Waals surface area (Å²) in [5.74, 6) is 0. The fraction of sp³-hybridized carbons (Fsp3) is 0.0909. The Morgan fingerprint density at radius 2 is 1.64 bits per heavy atom. The van der Waals surface area contributed by atoms with Gasteiger partial charge in [-0.1, -0.05) is 54.6 Å². The second kappa shape index (κ2) is 6.46. The molecule has 0 amide bonds. The van der Waals surface area contributed by atoms with Crippen LogP contribution in [0.2, 0.25) is 0 Å². The lowest BCUT2D eigenvalue weighted by atomic mass is 9.96. The summed E-state index contributed by atoms with van der Waals surface area (Å²) < 4.78 is 0. The molecule has 0 spiro atoms. The number of quaternary nitrogens is 1. The minimum atomic E-state index is 0.793. The molecule has 0 aliphatic rings. The number of benzene rings is 2. The number of pyridine rings is 2. The Hall–Kier alpha value is -3.04. The Bertz CT molecular complexity index is 1020. The van der Waals surface area contributed by atoms with Gasteiger partial charge in [-0.05, 0) is 24.6 Å². The molecule has 122 valence electrons. The molecule has 2 aromatic heterocycles. The molecule has 0 bridgehead atoms. The van der Waals surface area contributed by atoms with Crippen molar-refractivity contribution in [3.63, 3.8) is 0 Å². The lowest BCUT2D eigenvalue weighted by Gasteiger charge is -2.12. The van der Waals surface area contributed by atoms with Crippen molar-refractivity contribution in [2.24, 2.45) is 0 Å². The minimum Gasteiger partial charge on any atom is -0.354 e. The molecule has 3 heteroatoms. The first-order chi connectivity index (χ1) is 12.3. The topological polar surface area (TPSA) is 53.4 Å². The zero-order valence-corrected chi connectivity index (χ0v) is 14.2. The third-order valence-electron chi connectivity index (χ3n) is 4.54. The summed E-state index contributed by atoms with van der Waals surface area (Å²) in [6, 6.07) is 23.1. The van der Waals surface area contributed by atoms with E-state index in [1.54, 1.807) is 0 Å². The number of fused-ring (bicyclic) bond motifs is 1. The zero-order chi connectivity index (χ0) is 17.2. The summed E-state index contributed by atoms with van der Waals surface area (Å²) in [4.78, 5) is 9.40. The maximum Gasteiger partial charge on any atom is 0.0997 e. The van der Waals surface area contributed by atoms with Crippen LogP contribution in [0.25, 0.3) is 33.3 Å². The van der Waals surface area contributed by atoms with Crippen molar-refractivity contribution in [2.45, 2.75) is 13.5 Å². The van der Waals surface area contributed by atoms with E-state index in [9.17, 15) is 0 Å². The highest BCUT2D eigenvalue weighted by Crippen LogP contribution is 2.33. The minimum absolute atomic E-state index is 0.793. The van der Waals surface area contributed by atoms with E-state index in [2.05, 4.69) is 65.3 Å². The summed E-state index contributed by atoms with van der Waals surface area (Å²) in [7, 11) is 0. The zero-order valence-electron chi connectivity index (χ0n) is 14.2. The molecular weight excluding hydrogens is 306 g/mol. The Kier molecular flexibility index (Phi) is 4.00. The number of rotatable bonds is 3. The van der Waals surface area contributed by atoms with Crippen LogP contribution in [0.3, 0.4) is 0 Å². The van der Waals surface area contributed by atoms with Crippen molar-refractivity contribution in [3.05, 3.63) is 84.2 Å². The lowest BCUT2D eigenvalue weighted by Crippen LogP contribution is -2.47. The smallest absolute Gasteiger partial charge is 0.0997 e. The predicted octanol–water partition coefficient (Wildman–Crippen LogP) is 4.01. The third kappa shape index (κ3) is 2.90. The van der Waals surface area contributed by atoms with Gasteiger partial charge in [-0.15, -0.1) is 0 Å². The van der Waals surface area contributed by atoms with Gasteiger partial charge < -0.3 is 5.73 Å². The molecule has 0 aliphatic heterocycles. The van der Waals surface area contributed by atoms with Crippen molar-refractivity contribution in [1.82, 2.24) is 9.97 Å². The van der Waals surface area contributed by atoms with E-state index in [-0.39, 0.29) is 0 Å². The van der Waals surface area contributed by atoms with E-state index in [0.29, 0.717) is 0 Å². The van der Waals surface area contributed by atoms with Crippen LogP contribution in [0.15, 0.2) is 72.9 Å². The quantitative estimate of drug-likeness (QED) is 0.618. The van der Waals surface area contributed by atoms with Crippen molar-refractivity contribution < 1.29 is 5.73 Å². The predicted molar refractivity (Wildman–Crippen MR) is 102 cm³/mol. The first kappa shape index (κ1) is 15.5. The molecule has 2 aromatic carbocycles. The van der Waals surface area contributed by atoms with Gasteiger partial charge in [-0.3, -0.25) is 4.98 Å². The third-order valence-corrected chi connectivity index (χ3v) is 4.54. The van der Waals surface area contributed by atoms with Gasteiger partial charge in [0.2, 0.25) is 0 Å². The van der Waals surface area contributed by atoms with Crippen LogP contribution in [0, 0.1) is 6.92 Å². The average molecular weight is 326 g/mol. The van der Waals surface area contributed by atoms with Crippen molar-refractivity contribution in [2.75, 3.05) is 0 Å². The molecule has 0 radical (unpaired) electrons. The summed E-state index contributed by atoms with van der Waals surface area (Å²) in [5, 5.41) is 1.10. The highest BCUT2D eigenvalue weighted by atomic mass is 14.7. The van der Waals surface area contributed by atoms with Crippen LogP contribution in [0.4, 0.5) is 0 Å². The van der Waals surface area contributed by atoms with Crippen LogP contribution < -0.4 is 5.73 Å². The van der Waals surface area contributed by atoms with Crippen LogP contribution in [-0.2, 0) is 6.54 Å². The maximum atomic E-state index is 4.98. The first-order valence-electron chi connectivity index (χ1n) is 8.46.